The number of aliphatic hydroxyl groups is 2. The van der Waals surface area contributed by atoms with Crippen LogP contribution in [0.1, 0.15) is 123 Å². The summed E-state index contributed by atoms with van der Waals surface area (Å²) in [6, 6.07) is 0. The highest BCUT2D eigenvalue weighted by Gasteiger charge is 2.27. The summed E-state index contributed by atoms with van der Waals surface area (Å²) < 4.78 is 32.5. The van der Waals surface area contributed by atoms with Gasteiger partial charge >= 0.3 is 19.8 Å². The van der Waals surface area contributed by atoms with Gasteiger partial charge in [-0.05, 0) is 64.2 Å². The Balaban J connectivity index is 4.42. The van der Waals surface area contributed by atoms with Gasteiger partial charge in [0.05, 0.1) is 19.8 Å². The first kappa shape index (κ1) is 52.6. The molecular weight excluding hydrogens is 731 g/mol. The smallest absolute Gasteiger partial charge is 0.462 e. The largest absolute Gasteiger partial charge is 0.472 e. The molecule has 0 fully saturated rings. The highest BCUT2D eigenvalue weighted by atomic mass is 31.2. The van der Waals surface area contributed by atoms with E-state index in [0.29, 0.717) is 19.3 Å². The van der Waals surface area contributed by atoms with Gasteiger partial charge < -0.3 is 24.6 Å². The number of aliphatic hydroxyl groups excluding tert-OH is 2. The molecule has 2 unspecified atom stereocenters. The molecule has 11 heteroatoms. The van der Waals surface area contributed by atoms with Crippen LogP contribution in [0.15, 0.2) is 109 Å². The molecule has 0 bridgehead atoms. The summed E-state index contributed by atoms with van der Waals surface area (Å²) in [4.78, 5) is 34.9. The van der Waals surface area contributed by atoms with E-state index in [-0.39, 0.29) is 19.4 Å². The zero-order valence-electron chi connectivity index (χ0n) is 34.0. The van der Waals surface area contributed by atoms with E-state index in [2.05, 4.69) is 73.1 Å². The zero-order chi connectivity index (χ0) is 41.2. The fourth-order valence-corrected chi connectivity index (χ4v) is 5.51. The van der Waals surface area contributed by atoms with Crippen LogP contribution < -0.4 is 0 Å². The number of esters is 2. The number of carbonyl (C=O) groups excluding carboxylic acids is 2. The van der Waals surface area contributed by atoms with Crippen LogP contribution >= 0.6 is 7.82 Å². The third-order valence-corrected chi connectivity index (χ3v) is 8.75. The molecule has 0 aliphatic heterocycles. The maximum atomic E-state index is 12.5. The minimum Gasteiger partial charge on any atom is -0.462 e. The van der Waals surface area contributed by atoms with Crippen molar-refractivity contribution in [3.63, 3.8) is 0 Å². The number of rotatable bonds is 36. The highest BCUT2D eigenvalue weighted by molar-refractivity contribution is 7.47. The van der Waals surface area contributed by atoms with Gasteiger partial charge in [0, 0.05) is 12.8 Å². The van der Waals surface area contributed by atoms with Gasteiger partial charge in [-0.1, -0.05) is 155 Å². The Morgan fingerprint density at radius 1 is 0.554 bits per heavy atom. The second-order valence-corrected chi connectivity index (χ2v) is 14.5. The quantitative estimate of drug-likeness (QED) is 0.0184. The molecule has 0 spiro atoms. The number of carbonyl (C=O) groups is 2. The summed E-state index contributed by atoms with van der Waals surface area (Å²) in [6.07, 6.45) is 49.3. The molecule has 0 aliphatic rings. The third-order valence-electron chi connectivity index (χ3n) is 7.80. The Kier molecular flexibility index (Phi) is 37.5. The van der Waals surface area contributed by atoms with Gasteiger partial charge in [-0.25, -0.2) is 4.57 Å². The fourth-order valence-electron chi connectivity index (χ4n) is 4.72. The predicted octanol–water partition coefficient (Wildman–Crippen LogP) is 10.6. The molecule has 0 saturated heterocycles. The number of phosphoric ester groups is 1. The molecular formula is C45H71O10P. The maximum Gasteiger partial charge on any atom is 0.472 e. The number of hydrogen-bond donors (Lipinski definition) is 3. The molecule has 0 radical (unpaired) electrons. The van der Waals surface area contributed by atoms with Gasteiger partial charge in [0.15, 0.2) is 6.10 Å². The molecule has 0 aromatic rings. The van der Waals surface area contributed by atoms with Crippen molar-refractivity contribution in [2.75, 3.05) is 26.4 Å². The maximum absolute atomic E-state index is 12.5. The van der Waals surface area contributed by atoms with E-state index in [1.165, 1.54) is 12.8 Å². The lowest BCUT2D eigenvalue weighted by molar-refractivity contribution is -0.161. The van der Waals surface area contributed by atoms with Crippen LogP contribution in [0.5, 0.6) is 0 Å². The molecule has 0 amide bonds. The molecule has 0 aromatic heterocycles. The Bertz CT molecular complexity index is 1290. The van der Waals surface area contributed by atoms with Crippen molar-refractivity contribution in [1.29, 1.82) is 0 Å². The van der Waals surface area contributed by atoms with Crippen molar-refractivity contribution in [2.45, 2.75) is 135 Å². The lowest BCUT2D eigenvalue weighted by Gasteiger charge is -2.20. The SMILES string of the molecule is CC/C=C/C=C/C=C/C=C/C=C/CCCC(=O)OC(COC(=O)CCCCCCCCC/C=C/C/C=C/C/C=C/C/C=C/CC)COP(=O)(O)OC[C@H](O)CO. The molecule has 0 saturated carbocycles. The monoisotopic (exact) mass is 802 g/mol. The Morgan fingerprint density at radius 2 is 1.04 bits per heavy atom. The molecule has 56 heavy (non-hydrogen) atoms. The average molecular weight is 803 g/mol. The number of hydrogen-bond acceptors (Lipinski definition) is 9. The minimum absolute atomic E-state index is 0.0783. The molecule has 10 nitrogen and oxygen atoms in total. The van der Waals surface area contributed by atoms with Crippen molar-refractivity contribution < 1.29 is 47.8 Å². The zero-order valence-corrected chi connectivity index (χ0v) is 34.9. The summed E-state index contributed by atoms with van der Waals surface area (Å²) in [5.41, 5.74) is 0. The van der Waals surface area contributed by atoms with Crippen LogP contribution in [0.4, 0.5) is 0 Å². The molecule has 0 rings (SSSR count). The van der Waals surface area contributed by atoms with Crippen molar-refractivity contribution in [3.8, 4) is 0 Å². The lowest BCUT2D eigenvalue weighted by Crippen LogP contribution is -2.29. The molecule has 3 N–H and O–H groups in total. The van der Waals surface area contributed by atoms with Crippen LogP contribution in [0.25, 0.3) is 0 Å². The van der Waals surface area contributed by atoms with Crippen LogP contribution in [-0.4, -0.2) is 65.7 Å². The van der Waals surface area contributed by atoms with E-state index in [9.17, 15) is 24.2 Å². The second-order valence-electron chi connectivity index (χ2n) is 13.0. The van der Waals surface area contributed by atoms with Crippen LogP contribution in [0.2, 0.25) is 0 Å². The average Bonchev–Trinajstić information content (AvgIpc) is 3.19. The summed E-state index contributed by atoms with van der Waals surface area (Å²) >= 11 is 0. The van der Waals surface area contributed by atoms with Crippen LogP contribution in [-0.2, 0) is 32.7 Å². The molecule has 0 heterocycles. The highest BCUT2D eigenvalue weighted by Crippen LogP contribution is 2.43. The molecule has 3 atom stereocenters. The minimum atomic E-state index is -4.64. The summed E-state index contributed by atoms with van der Waals surface area (Å²) in [7, 11) is -4.64. The number of ether oxygens (including phenoxy) is 2. The van der Waals surface area contributed by atoms with Gasteiger partial charge in [-0.2, -0.15) is 0 Å². The third kappa shape index (κ3) is 38.9. The topological polar surface area (TPSA) is 149 Å². The first-order valence-electron chi connectivity index (χ1n) is 20.4. The number of allylic oxidation sites excluding steroid dienone is 18. The number of unbranched alkanes of at least 4 members (excludes halogenated alkanes) is 8. The normalized spacial score (nSPS) is 15.0. The van der Waals surface area contributed by atoms with Crippen molar-refractivity contribution >= 4 is 19.8 Å². The Morgan fingerprint density at radius 3 is 1.64 bits per heavy atom. The van der Waals surface area contributed by atoms with E-state index in [1.54, 1.807) is 0 Å². The molecule has 316 valence electrons. The van der Waals surface area contributed by atoms with E-state index in [0.717, 1.165) is 64.2 Å². The first-order chi connectivity index (χ1) is 27.2. The van der Waals surface area contributed by atoms with Crippen LogP contribution in [0, 0.1) is 0 Å². The van der Waals surface area contributed by atoms with E-state index < -0.39 is 51.8 Å². The van der Waals surface area contributed by atoms with Crippen LogP contribution in [0.3, 0.4) is 0 Å². The lowest BCUT2D eigenvalue weighted by atomic mass is 10.1. The van der Waals surface area contributed by atoms with Crippen molar-refractivity contribution in [3.05, 3.63) is 109 Å². The van der Waals surface area contributed by atoms with Gasteiger partial charge in [0.25, 0.3) is 0 Å². The summed E-state index contributed by atoms with van der Waals surface area (Å²) in [5.74, 6) is -1.04. The Hall–Kier alpha value is -3.37. The Labute approximate surface area is 337 Å². The summed E-state index contributed by atoms with van der Waals surface area (Å²) in [5, 5.41) is 18.3. The molecule has 0 aromatic carbocycles. The second kappa shape index (κ2) is 39.8. The van der Waals surface area contributed by atoms with Gasteiger partial charge in [-0.15, -0.1) is 0 Å². The van der Waals surface area contributed by atoms with Gasteiger partial charge in [-0.3, -0.25) is 18.6 Å². The standard InChI is InChI=1S/C45H71O10P/c1-3-5-7-9-11-13-15-17-18-19-20-21-22-23-25-26-28-30-32-34-36-44(48)52-40-43(41-54-56(50,51)53-39-42(47)38-46)55-45(49)37-35-33-31-29-27-24-16-14-12-10-8-6-4-2/h5-8,10-14,16-18,20-21,24,27,29,31,42-43,46-47H,3-4,9,15,19,22-23,25-26,28,30,32-41H2,1-2H3,(H,50,51)/b7-5+,8-6+,12-10+,13-11+,16-14+,18-17+,21-20+,27-24+,31-29+/t42-,43?/m1/s1. The first-order valence-corrected chi connectivity index (χ1v) is 21.9. The van der Waals surface area contributed by atoms with Gasteiger partial charge in [0.2, 0.25) is 0 Å². The molecule has 0 aliphatic carbocycles. The van der Waals surface area contributed by atoms with Gasteiger partial charge in [0.1, 0.15) is 12.7 Å². The van der Waals surface area contributed by atoms with E-state index in [1.807, 2.05) is 54.7 Å². The predicted molar refractivity (Wildman–Crippen MR) is 228 cm³/mol. The summed E-state index contributed by atoms with van der Waals surface area (Å²) in [6.45, 7) is 1.98. The van der Waals surface area contributed by atoms with Crippen molar-refractivity contribution in [1.82, 2.24) is 0 Å². The number of phosphoric acid groups is 1. The van der Waals surface area contributed by atoms with E-state index >= 15 is 0 Å². The van der Waals surface area contributed by atoms with Crippen molar-refractivity contribution in [2.24, 2.45) is 0 Å². The van der Waals surface area contributed by atoms with E-state index in [4.69, 9.17) is 19.1 Å². The fraction of sp³-hybridized carbons (Fsp3) is 0.556.